The Morgan fingerprint density at radius 2 is 2.18 bits per heavy atom. The van der Waals surface area contributed by atoms with Gasteiger partial charge in [-0.25, -0.2) is 0 Å². The summed E-state index contributed by atoms with van der Waals surface area (Å²) in [6.07, 6.45) is 2.38. The van der Waals surface area contributed by atoms with Crippen molar-refractivity contribution in [2.24, 2.45) is 0 Å². The van der Waals surface area contributed by atoms with Crippen LogP contribution in [-0.2, 0) is 4.79 Å². The summed E-state index contributed by atoms with van der Waals surface area (Å²) in [6.45, 7) is 0. The Morgan fingerprint density at radius 1 is 1.41 bits per heavy atom. The Bertz CT molecular complexity index is 522. The zero-order valence-electron chi connectivity index (χ0n) is 8.93. The summed E-state index contributed by atoms with van der Waals surface area (Å²) in [7, 11) is 0. The standard InChI is InChI=1S/C11H10N2O4/c14-10-11(4-1-5-11)17-9-3-2-7(13(15)16)6-8(9)12-10/h2-3,6H,1,4-5H2,(H,12,14). The molecule has 6 heteroatoms. The third-order valence-electron chi connectivity index (χ3n) is 3.30. The first-order valence-corrected chi connectivity index (χ1v) is 5.40. The highest BCUT2D eigenvalue weighted by molar-refractivity contribution is 6.01. The average Bonchev–Trinajstić information content (AvgIpc) is 2.25. The van der Waals surface area contributed by atoms with Gasteiger partial charge in [-0.2, -0.15) is 0 Å². The molecular weight excluding hydrogens is 224 g/mol. The van der Waals surface area contributed by atoms with Crippen LogP contribution in [0.25, 0.3) is 0 Å². The van der Waals surface area contributed by atoms with E-state index < -0.39 is 10.5 Å². The van der Waals surface area contributed by atoms with Gasteiger partial charge in [-0.3, -0.25) is 14.9 Å². The molecule has 0 unspecified atom stereocenters. The van der Waals surface area contributed by atoms with Crippen molar-refractivity contribution in [3.05, 3.63) is 28.3 Å². The van der Waals surface area contributed by atoms with Gasteiger partial charge in [-0.15, -0.1) is 0 Å². The van der Waals surface area contributed by atoms with Crippen LogP contribution in [0.15, 0.2) is 18.2 Å². The molecule has 1 N–H and O–H groups in total. The number of fused-ring (bicyclic) bond motifs is 1. The van der Waals surface area contributed by atoms with Gasteiger partial charge in [0.25, 0.3) is 11.6 Å². The zero-order chi connectivity index (χ0) is 12.0. The fourth-order valence-electron chi connectivity index (χ4n) is 2.14. The van der Waals surface area contributed by atoms with Gasteiger partial charge in [0.05, 0.1) is 10.6 Å². The third kappa shape index (κ3) is 1.37. The number of nitro groups is 1. The highest BCUT2D eigenvalue weighted by Gasteiger charge is 2.49. The van der Waals surface area contributed by atoms with E-state index in [2.05, 4.69) is 5.32 Å². The van der Waals surface area contributed by atoms with Crippen molar-refractivity contribution in [3.8, 4) is 5.75 Å². The van der Waals surface area contributed by atoms with E-state index in [1.54, 1.807) is 0 Å². The Labute approximate surface area is 96.7 Å². The number of nitro benzene ring substituents is 1. The normalized spacial score (nSPS) is 19.9. The number of nitrogens with one attached hydrogen (secondary N) is 1. The molecule has 17 heavy (non-hydrogen) atoms. The van der Waals surface area contributed by atoms with E-state index in [4.69, 9.17) is 4.74 Å². The van der Waals surface area contributed by atoms with Crippen LogP contribution in [-0.4, -0.2) is 16.4 Å². The summed E-state index contributed by atoms with van der Waals surface area (Å²) >= 11 is 0. The van der Waals surface area contributed by atoms with Gasteiger partial charge in [0.2, 0.25) is 0 Å². The van der Waals surface area contributed by atoms with E-state index in [0.717, 1.165) is 6.42 Å². The monoisotopic (exact) mass is 234 g/mol. The first-order chi connectivity index (χ1) is 8.11. The van der Waals surface area contributed by atoms with Crippen LogP contribution in [0.2, 0.25) is 0 Å². The molecular formula is C11H10N2O4. The van der Waals surface area contributed by atoms with Gasteiger partial charge in [0, 0.05) is 12.1 Å². The Balaban J connectivity index is 1.99. The molecule has 1 amide bonds. The number of benzene rings is 1. The van der Waals surface area contributed by atoms with E-state index in [1.807, 2.05) is 0 Å². The van der Waals surface area contributed by atoms with E-state index >= 15 is 0 Å². The first-order valence-electron chi connectivity index (χ1n) is 5.40. The molecule has 0 radical (unpaired) electrons. The second-order valence-electron chi connectivity index (χ2n) is 4.34. The van der Waals surface area contributed by atoms with E-state index in [9.17, 15) is 14.9 Å². The smallest absolute Gasteiger partial charge is 0.271 e. The lowest BCUT2D eigenvalue weighted by Gasteiger charge is -2.43. The summed E-state index contributed by atoms with van der Waals surface area (Å²) in [5.74, 6) is 0.312. The Morgan fingerprint density at radius 3 is 2.76 bits per heavy atom. The number of carbonyl (C=O) groups excluding carboxylic acids is 1. The third-order valence-corrected chi connectivity index (χ3v) is 3.30. The number of hydrogen-bond donors (Lipinski definition) is 1. The van der Waals surface area contributed by atoms with Crippen LogP contribution < -0.4 is 10.1 Å². The molecule has 1 heterocycles. The second-order valence-corrected chi connectivity index (χ2v) is 4.34. The largest absolute Gasteiger partial charge is 0.475 e. The van der Waals surface area contributed by atoms with Crippen molar-refractivity contribution in [2.45, 2.75) is 24.9 Å². The molecule has 0 aromatic heterocycles. The number of hydrogen-bond acceptors (Lipinski definition) is 4. The quantitative estimate of drug-likeness (QED) is 0.593. The van der Waals surface area contributed by atoms with E-state index in [-0.39, 0.29) is 11.6 Å². The first kappa shape index (κ1) is 10.1. The molecule has 1 aliphatic heterocycles. The minimum atomic E-state index is -0.733. The lowest BCUT2D eigenvalue weighted by atomic mass is 9.78. The van der Waals surface area contributed by atoms with Crippen molar-refractivity contribution in [2.75, 3.05) is 5.32 Å². The number of nitrogens with zero attached hydrogens (tertiary/aromatic N) is 1. The van der Waals surface area contributed by atoms with Crippen LogP contribution in [0.1, 0.15) is 19.3 Å². The maximum absolute atomic E-state index is 11.8. The number of anilines is 1. The molecule has 1 aromatic carbocycles. The predicted molar refractivity (Wildman–Crippen MR) is 58.9 cm³/mol. The van der Waals surface area contributed by atoms with Crippen molar-refractivity contribution < 1.29 is 14.5 Å². The SMILES string of the molecule is O=C1Nc2cc([N+](=O)[O-])ccc2OC12CCC2. The molecule has 1 fully saturated rings. The molecule has 1 aromatic rings. The summed E-state index contributed by atoms with van der Waals surface area (Å²) < 4.78 is 5.67. The van der Waals surface area contributed by atoms with Gasteiger partial charge in [0.1, 0.15) is 5.75 Å². The van der Waals surface area contributed by atoms with Crippen LogP contribution in [0.3, 0.4) is 0 Å². The molecule has 1 saturated carbocycles. The molecule has 1 spiro atoms. The maximum atomic E-state index is 11.8. The van der Waals surface area contributed by atoms with Crippen LogP contribution in [0.4, 0.5) is 11.4 Å². The molecule has 88 valence electrons. The van der Waals surface area contributed by atoms with Crippen LogP contribution in [0.5, 0.6) is 5.75 Å². The average molecular weight is 234 g/mol. The summed E-state index contributed by atoms with van der Waals surface area (Å²) in [4.78, 5) is 22.0. The number of non-ortho nitro benzene ring substituents is 1. The number of rotatable bonds is 1. The number of ether oxygens (including phenoxy) is 1. The van der Waals surface area contributed by atoms with Crippen molar-refractivity contribution in [1.29, 1.82) is 0 Å². The van der Waals surface area contributed by atoms with E-state index in [1.165, 1.54) is 18.2 Å². The van der Waals surface area contributed by atoms with Gasteiger partial charge in [0.15, 0.2) is 5.60 Å². The van der Waals surface area contributed by atoms with Gasteiger partial charge in [-0.1, -0.05) is 0 Å². The lowest BCUT2D eigenvalue weighted by Crippen LogP contribution is -2.55. The van der Waals surface area contributed by atoms with Crippen molar-refractivity contribution in [3.63, 3.8) is 0 Å². The molecule has 3 rings (SSSR count). The lowest BCUT2D eigenvalue weighted by molar-refractivity contribution is -0.384. The Hall–Kier alpha value is -2.11. The maximum Gasteiger partial charge on any atom is 0.271 e. The zero-order valence-corrected chi connectivity index (χ0v) is 8.93. The minimum Gasteiger partial charge on any atom is -0.475 e. The molecule has 0 saturated heterocycles. The number of amides is 1. The molecule has 6 nitrogen and oxygen atoms in total. The van der Waals surface area contributed by atoms with Gasteiger partial charge in [-0.05, 0) is 25.3 Å². The highest BCUT2D eigenvalue weighted by Crippen LogP contribution is 2.44. The van der Waals surface area contributed by atoms with Crippen molar-refractivity contribution in [1.82, 2.24) is 0 Å². The number of carbonyl (C=O) groups is 1. The van der Waals surface area contributed by atoms with Gasteiger partial charge < -0.3 is 10.1 Å². The van der Waals surface area contributed by atoms with E-state index in [0.29, 0.717) is 24.3 Å². The fourth-order valence-corrected chi connectivity index (χ4v) is 2.14. The Kier molecular flexibility index (Phi) is 1.89. The predicted octanol–water partition coefficient (Wildman–Crippen LogP) is 1.85. The summed E-state index contributed by atoms with van der Waals surface area (Å²) in [6, 6.07) is 4.23. The topological polar surface area (TPSA) is 81.5 Å². The molecule has 1 aliphatic carbocycles. The van der Waals surface area contributed by atoms with Crippen LogP contribution >= 0.6 is 0 Å². The molecule has 2 aliphatic rings. The van der Waals surface area contributed by atoms with Crippen LogP contribution in [0, 0.1) is 10.1 Å². The van der Waals surface area contributed by atoms with Crippen molar-refractivity contribution >= 4 is 17.3 Å². The fraction of sp³-hybridized carbons (Fsp3) is 0.364. The summed E-state index contributed by atoms with van der Waals surface area (Å²) in [5.41, 5.74) is -0.415. The molecule has 0 bridgehead atoms. The van der Waals surface area contributed by atoms with Gasteiger partial charge >= 0.3 is 0 Å². The minimum absolute atomic E-state index is 0.0581. The second kappa shape index (κ2) is 3.19. The summed E-state index contributed by atoms with van der Waals surface area (Å²) in [5, 5.41) is 13.3. The molecule has 0 atom stereocenters. The highest BCUT2D eigenvalue weighted by atomic mass is 16.6.